The van der Waals surface area contributed by atoms with Crippen LogP contribution in [0.25, 0.3) is 0 Å². The summed E-state index contributed by atoms with van der Waals surface area (Å²) in [7, 11) is 4.47. The molecule has 72 valence electrons. The minimum Gasteiger partial charge on any atom is -0.305 e. The first-order valence-electron chi connectivity index (χ1n) is 5.09. The summed E-state index contributed by atoms with van der Waals surface area (Å²) < 4.78 is 0. The Balaban J connectivity index is 2.37. The summed E-state index contributed by atoms with van der Waals surface area (Å²) >= 11 is 0. The van der Waals surface area contributed by atoms with E-state index in [9.17, 15) is 0 Å². The van der Waals surface area contributed by atoms with Gasteiger partial charge in [-0.1, -0.05) is 13.3 Å². The van der Waals surface area contributed by atoms with Gasteiger partial charge in [0.05, 0.1) is 0 Å². The maximum Gasteiger partial charge on any atom is 0.0106 e. The number of likely N-dealkylation sites (N-methyl/N-ethyl adjacent to an activating group) is 2. The van der Waals surface area contributed by atoms with Crippen molar-refractivity contribution in [3.8, 4) is 0 Å². The summed E-state index contributed by atoms with van der Waals surface area (Å²) in [5, 5.41) is 0. The van der Waals surface area contributed by atoms with E-state index in [1.165, 1.54) is 39.0 Å². The maximum atomic E-state index is 2.46. The Morgan fingerprint density at radius 3 is 2.42 bits per heavy atom. The van der Waals surface area contributed by atoms with Crippen molar-refractivity contribution in [3.63, 3.8) is 0 Å². The molecule has 0 bridgehead atoms. The van der Waals surface area contributed by atoms with Crippen LogP contribution in [-0.4, -0.2) is 50.1 Å². The van der Waals surface area contributed by atoms with Crippen LogP contribution < -0.4 is 0 Å². The van der Waals surface area contributed by atoms with Gasteiger partial charge >= 0.3 is 0 Å². The standard InChI is InChI=1S/C10H22N2/c1-4-10-5-6-11(2)7-8-12(3)9-10/h10H,4-9H2,1-3H3. The second-order valence-corrected chi connectivity index (χ2v) is 4.13. The minimum atomic E-state index is 0.915. The molecule has 0 spiro atoms. The van der Waals surface area contributed by atoms with Crippen LogP contribution in [-0.2, 0) is 0 Å². The Kier molecular flexibility index (Phi) is 4.02. The molecule has 2 heteroatoms. The summed E-state index contributed by atoms with van der Waals surface area (Å²) in [5.74, 6) is 0.915. The van der Waals surface area contributed by atoms with E-state index in [0.717, 1.165) is 5.92 Å². The van der Waals surface area contributed by atoms with Crippen molar-refractivity contribution in [2.24, 2.45) is 5.92 Å². The Labute approximate surface area is 76.5 Å². The lowest BCUT2D eigenvalue weighted by Gasteiger charge is -2.30. The molecule has 0 aromatic carbocycles. The van der Waals surface area contributed by atoms with E-state index in [2.05, 4.69) is 30.8 Å². The quantitative estimate of drug-likeness (QED) is 0.585. The van der Waals surface area contributed by atoms with Crippen LogP contribution in [0.2, 0.25) is 0 Å². The van der Waals surface area contributed by atoms with E-state index < -0.39 is 0 Å². The summed E-state index contributed by atoms with van der Waals surface area (Å²) in [6.45, 7) is 7.34. The zero-order valence-corrected chi connectivity index (χ0v) is 8.71. The Morgan fingerprint density at radius 2 is 1.75 bits per heavy atom. The zero-order valence-electron chi connectivity index (χ0n) is 8.71. The van der Waals surface area contributed by atoms with Gasteiger partial charge in [-0.05, 0) is 33.0 Å². The van der Waals surface area contributed by atoms with E-state index in [-0.39, 0.29) is 0 Å². The fraction of sp³-hybridized carbons (Fsp3) is 1.00. The topological polar surface area (TPSA) is 6.48 Å². The van der Waals surface area contributed by atoms with E-state index in [1.807, 2.05) is 0 Å². The number of hydrogen-bond acceptors (Lipinski definition) is 2. The molecule has 1 atom stereocenters. The zero-order chi connectivity index (χ0) is 8.97. The summed E-state index contributed by atoms with van der Waals surface area (Å²) in [4.78, 5) is 4.90. The Hall–Kier alpha value is -0.0800. The van der Waals surface area contributed by atoms with Crippen LogP contribution in [0.15, 0.2) is 0 Å². The highest BCUT2D eigenvalue weighted by Gasteiger charge is 2.14. The molecular formula is C10H22N2. The number of hydrogen-bond donors (Lipinski definition) is 0. The molecule has 1 fully saturated rings. The summed E-state index contributed by atoms with van der Waals surface area (Å²) in [6.07, 6.45) is 2.70. The van der Waals surface area contributed by atoms with Crippen molar-refractivity contribution in [2.75, 3.05) is 40.3 Å². The first kappa shape index (κ1) is 10.0. The normalized spacial score (nSPS) is 29.8. The molecule has 1 saturated heterocycles. The first-order chi connectivity index (χ1) is 5.72. The highest BCUT2D eigenvalue weighted by atomic mass is 15.2. The van der Waals surface area contributed by atoms with Gasteiger partial charge in [-0.3, -0.25) is 0 Å². The minimum absolute atomic E-state index is 0.915. The Morgan fingerprint density at radius 1 is 1.08 bits per heavy atom. The molecule has 1 aliphatic heterocycles. The summed E-state index contributed by atoms with van der Waals surface area (Å²) in [5.41, 5.74) is 0. The van der Waals surface area contributed by atoms with Crippen molar-refractivity contribution >= 4 is 0 Å². The van der Waals surface area contributed by atoms with Crippen LogP contribution in [0, 0.1) is 5.92 Å². The maximum absolute atomic E-state index is 2.46. The molecule has 0 N–H and O–H groups in total. The van der Waals surface area contributed by atoms with Gasteiger partial charge in [0.1, 0.15) is 0 Å². The molecular weight excluding hydrogens is 148 g/mol. The predicted molar refractivity (Wildman–Crippen MR) is 53.4 cm³/mol. The van der Waals surface area contributed by atoms with Gasteiger partial charge in [-0.15, -0.1) is 0 Å². The van der Waals surface area contributed by atoms with Crippen molar-refractivity contribution in [1.29, 1.82) is 0 Å². The SMILES string of the molecule is CCC1CCN(C)CCN(C)C1. The van der Waals surface area contributed by atoms with E-state index >= 15 is 0 Å². The average Bonchev–Trinajstić information content (AvgIpc) is 2.06. The molecule has 0 amide bonds. The molecule has 0 saturated carbocycles. The van der Waals surface area contributed by atoms with Crippen LogP contribution in [0.5, 0.6) is 0 Å². The second-order valence-electron chi connectivity index (χ2n) is 4.13. The molecule has 0 aromatic heterocycles. The van der Waals surface area contributed by atoms with Gasteiger partial charge < -0.3 is 9.80 Å². The highest BCUT2D eigenvalue weighted by molar-refractivity contribution is 4.69. The fourth-order valence-corrected chi connectivity index (χ4v) is 1.81. The second kappa shape index (κ2) is 4.83. The van der Waals surface area contributed by atoms with Crippen molar-refractivity contribution in [3.05, 3.63) is 0 Å². The molecule has 1 rings (SSSR count). The fourth-order valence-electron chi connectivity index (χ4n) is 1.81. The third kappa shape index (κ3) is 3.11. The third-order valence-corrected chi connectivity index (χ3v) is 2.93. The molecule has 1 unspecified atom stereocenters. The predicted octanol–water partition coefficient (Wildman–Crippen LogP) is 1.28. The van der Waals surface area contributed by atoms with Crippen LogP contribution in [0.1, 0.15) is 19.8 Å². The number of nitrogens with zero attached hydrogens (tertiary/aromatic N) is 2. The van der Waals surface area contributed by atoms with Gasteiger partial charge in [-0.2, -0.15) is 0 Å². The van der Waals surface area contributed by atoms with Gasteiger partial charge in [0.25, 0.3) is 0 Å². The van der Waals surface area contributed by atoms with Crippen LogP contribution in [0.3, 0.4) is 0 Å². The first-order valence-corrected chi connectivity index (χ1v) is 5.09. The lowest BCUT2D eigenvalue weighted by molar-refractivity contribution is 0.178. The molecule has 12 heavy (non-hydrogen) atoms. The molecule has 0 aliphatic carbocycles. The lowest BCUT2D eigenvalue weighted by atomic mass is 10.0. The molecule has 0 aromatic rings. The molecule has 2 nitrogen and oxygen atoms in total. The average molecular weight is 170 g/mol. The van der Waals surface area contributed by atoms with Crippen molar-refractivity contribution in [1.82, 2.24) is 9.80 Å². The molecule has 1 aliphatic rings. The van der Waals surface area contributed by atoms with E-state index in [0.29, 0.717) is 0 Å². The molecule has 0 radical (unpaired) electrons. The van der Waals surface area contributed by atoms with Gasteiger partial charge in [0.2, 0.25) is 0 Å². The van der Waals surface area contributed by atoms with Crippen LogP contribution in [0.4, 0.5) is 0 Å². The Bertz CT molecular complexity index is 125. The summed E-state index contributed by atoms with van der Waals surface area (Å²) in [6, 6.07) is 0. The van der Waals surface area contributed by atoms with Crippen LogP contribution >= 0.6 is 0 Å². The van der Waals surface area contributed by atoms with Crippen molar-refractivity contribution < 1.29 is 0 Å². The van der Waals surface area contributed by atoms with Gasteiger partial charge in [0, 0.05) is 19.6 Å². The van der Waals surface area contributed by atoms with E-state index in [4.69, 9.17) is 0 Å². The molecule has 1 heterocycles. The highest BCUT2D eigenvalue weighted by Crippen LogP contribution is 2.12. The third-order valence-electron chi connectivity index (χ3n) is 2.93. The van der Waals surface area contributed by atoms with E-state index in [1.54, 1.807) is 0 Å². The van der Waals surface area contributed by atoms with Gasteiger partial charge in [0.15, 0.2) is 0 Å². The van der Waals surface area contributed by atoms with Gasteiger partial charge in [-0.25, -0.2) is 0 Å². The largest absolute Gasteiger partial charge is 0.305 e. The lowest BCUT2D eigenvalue weighted by Crippen LogP contribution is -2.38. The monoisotopic (exact) mass is 170 g/mol. The van der Waals surface area contributed by atoms with Crippen molar-refractivity contribution in [2.45, 2.75) is 19.8 Å². The number of rotatable bonds is 1. The smallest absolute Gasteiger partial charge is 0.0106 e.